The summed E-state index contributed by atoms with van der Waals surface area (Å²) in [7, 11) is 0. The maximum absolute atomic E-state index is 12.5. The number of imidazole rings is 2. The third-order valence-electron chi connectivity index (χ3n) is 6.07. The van der Waals surface area contributed by atoms with Gasteiger partial charge in [-0.3, -0.25) is 18.4 Å². The molecule has 7 aromatic heterocycles. The van der Waals surface area contributed by atoms with E-state index in [-0.39, 0.29) is 35.8 Å². The van der Waals surface area contributed by atoms with Gasteiger partial charge >= 0.3 is 0 Å². The van der Waals surface area contributed by atoms with Crippen molar-refractivity contribution in [2.24, 2.45) is 0 Å². The summed E-state index contributed by atoms with van der Waals surface area (Å²) in [5, 5.41) is 9.87. The Morgan fingerprint density at radius 2 is 1.42 bits per heavy atom. The summed E-state index contributed by atoms with van der Waals surface area (Å²) in [6.07, 6.45) is 20.9. The highest BCUT2D eigenvalue weighted by atomic mass is 79.9. The fourth-order valence-electron chi connectivity index (χ4n) is 3.93. The molecule has 0 spiro atoms. The van der Waals surface area contributed by atoms with E-state index in [1.165, 1.54) is 0 Å². The van der Waals surface area contributed by atoms with Crippen LogP contribution < -0.4 is 16.4 Å². The van der Waals surface area contributed by atoms with Gasteiger partial charge in [0.1, 0.15) is 11.4 Å². The number of halogens is 2. The molecular weight excluding hydrogens is 748 g/mol. The lowest BCUT2D eigenvalue weighted by Gasteiger charge is -2.08. The molecule has 2 amide bonds. The molecule has 0 aliphatic carbocycles. The van der Waals surface area contributed by atoms with Crippen LogP contribution in [-0.2, 0) is 6.54 Å². The number of fused-ring (bicyclic) bond motifs is 2. The van der Waals surface area contributed by atoms with Crippen LogP contribution in [0, 0.1) is 0 Å². The van der Waals surface area contributed by atoms with Crippen molar-refractivity contribution >= 4 is 61.2 Å². The number of nitrogens with zero attached hydrogens (tertiary/aromatic N) is 11. The summed E-state index contributed by atoms with van der Waals surface area (Å²) in [5.41, 5.74) is 7.13. The molecule has 0 bridgehead atoms. The third kappa shape index (κ3) is 9.23. The van der Waals surface area contributed by atoms with Gasteiger partial charge in [-0.1, -0.05) is 6.07 Å². The van der Waals surface area contributed by atoms with E-state index in [1.807, 2.05) is 36.8 Å². The molecule has 0 fully saturated rings. The largest absolute Gasteiger partial charge is 0.368 e. The van der Waals surface area contributed by atoms with Gasteiger partial charge in [-0.05, 0) is 57.8 Å². The lowest BCUT2D eigenvalue weighted by molar-refractivity contribution is 0.0936. The first-order valence-electron chi connectivity index (χ1n) is 14.2. The van der Waals surface area contributed by atoms with Crippen LogP contribution in [0.15, 0.2) is 102 Å². The van der Waals surface area contributed by atoms with Crippen molar-refractivity contribution in [3.05, 3.63) is 118 Å². The van der Waals surface area contributed by atoms with Gasteiger partial charge in [0.05, 0.1) is 27.0 Å². The van der Waals surface area contributed by atoms with Crippen LogP contribution in [0.25, 0.3) is 17.2 Å². The highest BCUT2D eigenvalue weighted by Gasteiger charge is 2.13. The number of carbonyl (C=O) groups is 2. The van der Waals surface area contributed by atoms with E-state index in [1.54, 1.807) is 83.1 Å². The summed E-state index contributed by atoms with van der Waals surface area (Å²) in [6, 6.07) is 4.76. The summed E-state index contributed by atoms with van der Waals surface area (Å²) in [6.45, 7) is 3.99. The first kappa shape index (κ1) is 33.7. The number of hydrogen-bond donors (Lipinski definition) is 3. The van der Waals surface area contributed by atoms with Crippen molar-refractivity contribution < 1.29 is 9.59 Å². The minimum atomic E-state index is -0.372. The van der Waals surface area contributed by atoms with Crippen molar-refractivity contribution in [1.82, 2.24) is 64.1 Å². The average Bonchev–Trinajstić information content (AvgIpc) is 3.86. The molecule has 16 nitrogen and oxygen atoms in total. The van der Waals surface area contributed by atoms with Gasteiger partial charge in [-0.15, -0.1) is 0 Å². The number of amides is 2. The van der Waals surface area contributed by atoms with Crippen LogP contribution in [0.1, 0.15) is 40.4 Å². The molecule has 0 saturated heterocycles. The molecular formula is C30H28Br2N14O2. The summed E-state index contributed by atoms with van der Waals surface area (Å²) in [5.74, 6) is 0.944. The molecule has 7 rings (SSSR count). The van der Waals surface area contributed by atoms with Crippen molar-refractivity contribution in [1.29, 1.82) is 0 Å². The molecule has 48 heavy (non-hydrogen) atoms. The van der Waals surface area contributed by atoms with Gasteiger partial charge in [-0.25, -0.2) is 39.6 Å². The fourth-order valence-corrected chi connectivity index (χ4v) is 4.45. The van der Waals surface area contributed by atoms with E-state index in [9.17, 15) is 9.59 Å². The molecule has 4 N–H and O–H groups in total. The smallest absolute Gasteiger partial charge is 0.270 e. The van der Waals surface area contributed by atoms with Crippen molar-refractivity contribution in [2.75, 3.05) is 5.73 Å². The maximum Gasteiger partial charge on any atom is 0.270 e. The molecule has 244 valence electrons. The van der Waals surface area contributed by atoms with Crippen LogP contribution >= 0.6 is 31.9 Å². The lowest BCUT2D eigenvalue weighted by atomic mass is 10.2. The second kappa shape index (κ2) is 15.8. The number of hydrogen-bond acceptors (Lipinski definition) is 11. The summed E-state index contributed by atoms with van der Waals surface area (Å²) in [4.78, 5) is 52.5. The Hall–Kier alpha value is -5.62. The zero-order valence-corrected chi connectivity index (χ0v) is 28.7. The molecule has 0 atom stereocenters. The number of pyridine rings is 1. The normalized spacial score (nSPS) is 10.6. The summed E-state index contributed by atoms with van der Waals surface area (Å²) < 4.78 is 7.12. The van der Waals surface area contributed by atoms with Gasteiger partial charge in [-0.2, -0.15) is 5.10 Å². The minimum Gasteiger partial charge on any atom is -0.368 e. The van der Waals surface area contributed by atoms with E-state index >= 15 is 0 Å². The van der Waals surface area contributed by atoms with Crippen LogP contribution in [0.2, 0.25) is 0 Å². The Kier molecular flexibility index (Phi) is 11.1. The van der Waals surface area contributed by atoms with Crippen LogP contribution in [0.3, 0.4) is 0 Å². The van der Waals surface area contributed by atoms with Gasteiger partial charge < -0.3 is 16.4 Å². The average molecular weight is 776 g/mol. The fraction of sp³-hybridized carbons (Fsp3) is 0.133. The predicted octanol–water partition coefficient (Wildman–Crippen LogP) is 3.69. The van der Waals surface area contributed by atoms with Crippen LogP contribution in [-0.4, -0.2) is 71.3 Å². The standard InChI is InChI=1S/C20H20N8O2.C6H4BrN3.C4H4BrN3/c1-13(2)25-19(30)17-5-3-4-16(26-17)18(29)22-8-14-9-24-28(11-14)15-10-23-20-21-6-7-27(20)12-15;7-5-3-9-6-8-1-2-10(6)4-5;5-3-1-7-4(6)8-2-3/h3-7,9-13H,8H2,1-2H3,(H,22,29)(H,25,30);1-4H;1-2H,(H2,6,7,8). The van der Waals surface area contributed by atoms with E-state index < -0.39 is 0 Å². The number of rotatable bonds is 6. The Morgan fingerprint density at radius 3 is 2.08 bits per heavy atom. The second-order valence-corrected chi connectivity index (χ2v) is 12.0. The zero-order chi connectivity index (χ0) is 34.0. The SMILES string of the molecule is Brc1cnc2nccn2c1.CC(C)NC(=O)c1cccc(C(=O)NCc2cnn(-c3cnc4nccn4c3)c2)n1.Nc1ncc(Br)cn1. The number of nitrogens with one attached hydrogen (secondary N) is 2. The second-order valence-electron chi connectivity index (χ2n) is 10.1. The zero-order valence-electron chi connectivity index (χ0n) is 25.5. The molecule has 7 heterocycles. The predicted molar refractivity (Wildman–Crippen MR) is 183 cm³/mol. The van der Waals surface area contributed by atoms with Crippen LogP contribution in [0.5, 0.6) is 0 Å². The van der Waals surface area contributed by atoms with E-state index in [4.69, 9.17) is 5.73 Å². The molecule has 0 aliphatic heterocycles. The Morgan fingerprint density at radius 1 is 0.792 bits per heavy atom. The molecule has 0 radical (unpaired) electrons. The Labute approximate surface area is 290 Å². The van der Waals surface area contributed by atoms with Gasteiger partial charge in [0.2, 0.25) is 17.5 Å². The third-order valence-corrected chi connectivity index (χ3v) is 6.89. The van der Waals surface area contributed by atoms with E-state index in [0.29, 0.717) is 11.7 Å². The first-order chi connectivity index (χ1) is 23.1. The number of nitrogen functional groups attached to an aromatic ring is 1. The molecule has 0 unspecified atom stereocenters. The first-order valence-corrected chi connectivity index (χ1v) is 15.8. The Balaban J connectivity index is 0.000000201. The monoisotopic (exact) mass is 774 g/mol. The number of carbonyl (C=O) groups excluding carboxylic acids is 2. The molecule has 0 saturated carbocycles. The van der Waals surface area contributed by atoms with E-state index in [0.717, 1.165) is 26.0 Å². The van der Waals surface area contributed by atoms with Gasteiger partial charge in [0.15, 0.2) is 0 Å². The van der Waals surface area contributed by atoms with Crippen molar-refractivity contribution in [3.8, 4) is 5.69 Å². The van der Waals surface area contributed by atoms with Crippen LogP contribution in [0.4, 0.5) is 5.95 Å². The maximum atomic E-state index is 12.5. The number of anilines is 1. The molecule has 18 heteroatoms. The lowest BCUT2D eigenvalue weighted by Crippen LogP contribution is -2.31. The molecule has 0 aliphatic rings. The van der Waals surface area contributed by atoms with Gasteiger partial charge in [0, 0.05) is 80.1 Å². The Bertz CT molecular complexity index is 2120. The van der Waals surface area contributed by atoms with E-state index in [2.05, 4.69) is 82.5 Å². The molecule has 0 aromatic carbocycles. The topological polar surface area (TPSA) is 201 Å². The minimum absolute atomic E-state index is 0.0157. The number of aromatic nitrogens is 11. The highest BCUT2D eigenvalue weighted by molar-refractivity contribution is 9.10. The highest BCUT2D eigenvalue weighted by Crippen LogP contribution is 2.10. The summed E-state index contributed by atoms with van der Waals surface area (Å²) >= 11 is 6.47. The number of nitrogens with two attached hydrogens (primary N) is 1. The van der Waals surface area contributed by atoms with Crippen molar-refractivity contribution in [3.63, 3.8) is 0 Å². The quantitative estimate of drug-likeness (QED) is 0.223. The van der Waals surface area contributed by atoms with Crippen molar-refractivity contribution in [2.45, 2.75) is 26.4 Å². The van der Waals surface area contributed by atoms with Gasteiger partial charge in [0.25, 0.3) is 11.8 Å². The molecule has 7 aromatic rings.